The molecule has 10 aliphatic heterocycles. The fraction of sp³-hybridized carbons (Fsp3) is 0.438. The number of fused-ring (bicyclic) bond motifs is 5. The molecule has 10 aliphatic rings. The number of β-lactam (4-membered cyclic amide) rings is 5. The van der Waals surface area contributed by atoms with Gasteiger partial charge < -0.3 is 137 Å². The zero-order chi connectivity index (χ0) is 92.6. The second-order valence-corrected chi connectivity index (χ2v) is 42.1. The molecule has 10 saturated heterocycles. The van der Waals surface area contributed by atoms with E-state index >= 15 is 0 Å². The van der Waals surface area contributed by atoms with Gasteiger partial charge in [-0.05, 0) is 158 Å². The molecule has 20 atom stereocenters. The van der Waals surface area contributed by atoms with Crippen LogP contribution in [0.25, 0.3) is 0 Å². The number of hydrogen-bond donors (Lipinski definition) is 20. The number of carboxylic acid groups (broad SMARTS) is 5. The van der Waals surface area contributed by atoms with E-state index in [1.165, 1.54) is 205 Å². The van der Waals surface area contributed by atoms with Crippen LogP contribution in [0.3, 0.4) is 0 Å². The number of nitrogens with zero attached hydrogens (tertiary/aromatic N) is 5. The van der Waals surface area contributed by atoms with Gasteiger partial charge in [-0.1, -0.05) is 60.7 Å². The summed E-state index contributed by atoms with van der Waals surface area (Å²) in [6.45, 7) is 17.7. The smallest absolute Gasteiger partial charge is 1.00 e. The zero-order valence-electron chi connectivity index (χ0n) is 76.4. The largest absolute Gasteiger partial charge is 1.00 e. The number of aromatic hydroxyl groups is 5. The number of thioether (sulfide) groups is 5. The summed E-state index contributed by atoms with van der Waals surface area (Å²) in [7, 11) is 0. The molecular weight excluding hydrogens is 1820 g/mol. The topological polar surface area (TPSA) is 665 Å². The zero-order valence-corrected chi connectivity index (χ0v) is 84.4. The Labute approximate surface area is 854 Å². The van der Waals surface area contributed by atoms with E-state index in [4.69, 9.17) is 28.7 Å². The van der Waals surface area contributed by atoms with Crippen LogP contribution in [0.4, 0.5) is 0 Å². The summed E-state index contributed by atoms with van der Waals surface area (Å²) in [5.74, 6) is -9.69. The minimum atomic E-state index is -1.06. The van der Waals surface area contributed by atoms with Crippen molar-refractivity contribution in [2.24, 2.45) is 28.7 Å². The van der Waals surface area contributed by atoms with Crippen molar-refractivity contribution in [2.75, 3.05) is 0 Å². The van der Waals surface area contributed by atoms with Crippen molar-refractivity contribution < 1.29 is 247 Å². The maximum Gasteiger partial charge on any atom is 1.00 e. The van der Waals surface area contributed by atoms with E-state index in [0.29, 0.717) is 27.8 Å². The van der Waals surface area contributed by atoms with Gasteiger partial charge in [-0.3, -0.25) is 47.9 Å². The SMILES string of the molecule is CC1(C)S[C@@H]2[C@H](NC(=O)C(N)c3ccc(O)cc3)C(=O)N2[C@H]1C(=O)O.CC1(C)S[C@@H]2[C@H](NC(=O)C(N)c3ccc(O)cc3)C(=O)N2[C@H]1C(=O)O.CC1(C)S[C@@H]2[C@H](NC(=O)C(N)c3ccc(O)cc3)C(=O)N2[C@H]1C(=O)O.CC1(C)S[C@@H]2[C@H](NC(=O)C(N)c3ccc(O)cc3)C(=O)N2[C@H]1C(=O)O.CC1(C)S[C@@H]2[C@H](NC(=O)C(N)c3ccc(O)cc3)C(=O)N2[C@H]1C(=O)O.[H-].[H-].[H-].[H-].[Na+].[Na+].[Na+].[Na+]. The molecule has 40 nitrogen and oxygen atoms in total. The van der Waals surface area contributed by atoms with Crippen molar-refractivity contribution in [3.63, 3.8) is 0 Å². The van der Waals surface area contributed by atoms with Crippen molar-refractivity contribution in [1.82, 2.24) is 51.1 Å². The van der Waals surface area contributed by atoms with Crippen LogP contribution >= 0.6 is 58.8 Å². The van der Waals surface area contributed by atoms with E-state index in [1.54, 1.807) is 69.2 Å². The monoisotopic (exact) mass is 1920 g/mol. The minimum absolute atomic E-state index is 0. The molecule has 0 aliphatic carbocycles. The number of hydrogen-bond acceptors (Lipinski definition) is 30. The summed E-state index contributed by atoms with van der Waals surface area (Å²) in [6, 6.07) is 16.0. The van der Waals surface area contributed by atoms with E-state index in [0.717, 1.165) is 0 Å². The first-order valence-electron chi connectivity index (χ1n) is 38.5. The molecule has 0 bridgehead atoms. The Hall–Kier alpha value is -7.30. The second kappa shape index (κ2) is 42.1. The number of benzene rings is 5. The summed E-state index contributed by atoms with van der Waals surface area (Å²) < 4.78 is -3.24. The molecule has 10 amide bonds. The van der Waals surface area contributed by atoms with Gasteiger partial charge in [0.1, 0.15) is 146 Å². The first-order chi connectivity index (χ1) is 58.2. The van der Waals surface area contributed by atoms with Crippen LogP contribution in [0.1, 0.15) is 133 Å². The van der Waals surface area contributed by atoms with Gasteiger partial charge in [-0.2, -0.15) is 0 Å². The van der Waals surface area contributed by atoms with Crippen LogP contribution in [-0.2, 0) is 71.9 Å². The molecule has 129 heavy (non-hydrogen) atoms. The minimum Gasteiger partial charge on any atom is -1.00 e. The van der Waals surface area contributed by atoms with Crippen LogP contribution in [-0.4, -0.2) is 276 Å². The van der Waals surface area contributed by atoms with Gasteiger partial charge in [-0.15, -0.1) is 58.8 Å². The van der Waals surface area contributed by atoms with Crippen molar-refractivity contribution in [3.8, 4) is 28.7 Å². The van der Waals surface area contributed by atoms with Gasteiger partial charge in [0, 0.05) is 23.7 Å². The fourth-order valence-corrected chi connectivity index (χ4v) is 24.2. The number of nitrogens with one attached hydrogen (secondary N) is 5. The van der Waals surface area contributed by atoms with E-state index in [1.807, 2.05) is 0 Å². The Morgan fingerprint density at radius 3 is 0.496 bits per heavy atom. The second-order valence-electron chi connectivity index (χ2n) is 33.3. The van der Waals surface area contributed by atoms with Crippen molar-refractivity contribution >= 4 is 148 Å². The Morgan fingerprint density at radius 1 is 0.271 bits per heavy atom. The quantitative estimate of drug-likeness (QED) is 0.0254. The van der Waals surface area contributed by atoms with E-state index < -0.39 is 230 Å². The molecular formula is C80H99N15Na4O25S5. The van der Waals surface area contributed by atoms with E-state index in [2.05, 4.69) is 26.6 Å². The summed E-state index contributed by atoms with van der Waals surface area (Å²) in [4.78, 5) is 187. The third kappa shape index (κ3) is 22.1. The number of carbonyl (C=O) groups excluding carboxylic acids is 10. The van der Waals surface area contributed by atoms with Gasteiger partial charge in [0.15, 0.2) is 0 Å². The Morgan fingerprint density at radius 2 is 0.388 bits per heavy atom. The Balaban J connectivity index is 0.000000422. The summed E-state index contributed by atoms with van der Waals surface area (Å²) in [5.41, 5.74) is 32.0. The molecule has 25 N–H and O–H groups in total. The first kappa shape index (κ1) is 109. The van der Waals surface area contributed by atoms with E-state index in [9.17, 15) is 123 Å². The number of carbonyl (C=O) groups is 15. The molecule has 5 unspecified atom stereocenters. The molecule has 0 radical (unpaired) electrons. The summed E-state index contributed by atoms with van der Waals surface area (Å²) in [5, 5.41) is 104. The fourth-order valence-electron chi connectivity index (χ4n) is 16.1. The number of amides is 10. The van der Waals surface area contributed by atoms with Gasteiger partial charge in [-0.25, -0.2) is 24.0 Å². The number of phenolic OH excluding ortho intramolecular Hbond substituents is 5. The number of nitrogens with two attached hydrogens (primary N) is 5. The number of aliphatic carboxylic acids is 5. The number of phenols is 5. The first-order valence-corrected chi connectivity index (χ1v) is 42.9. The number of rotatable bonds is 20. The van der Waals surface area contributed by atoms with Gasteiger partial charge in [0.05, 0.1) is 0 Å². The predicted octanol–water partition coefficient (Wildman–Crippen LogP) is -11.4. The van der Waals surface area contributed by atoms with Crippen molar-refractivity contribution in [2.45, 2.75) is 210 Å². The van der Waals surface area contributed by atoms with Crippen LogP contribution in [0.15, 0.2) is 121 Å². The Kier molecular flexibility index (Phi) is 35.5. The molecule has 15 rings (SSSR count). The normalized spacial score (nSPS) is 27.2. The molecule has 49 heteroatoms. The third-order valence-corrected chi connectivity index (χ3v) is 30.4. The Bertz CT molecular complexity index is 4460. The van der Waals surface area contributed by atoms with Gasteiger partial charge >= 0.3 is 148 Å². The number of carboxylic acids is 5. The van der Waals surface area contributed by atoms with E-state index in [-0.39, 0.29) is 153 Å². The molecule has 5 aromatic carbocycles. The molecule has 10 heterocycles. The van der Waals surface area contributed by atoms with Crippen LogP contribution < -0.4 is 173 Å². The molecule has 0 aromatic heterocycles. The van der Waals surface area contributed by atoms with Crippen LogP contribution in [0.5, 0.6) is 28.7 Å². The van der Waals surface area contributed by atoms with Crippen molar-refractivity contribution in [1.29, 1.82) is 0 Å². The molecule has 0 spiro atoms. The summed E-state index contributed by atoms with van der Waals surface area (Å²) in [6.07, 6.45) is 0. The standard InChI is InChI=1S/5C16H19N3O5S.4Na.4H/c5*1-16(2)11(15(23)24)19-13(22)10(14(19)25-16)18-12(21)9(17)7-3-5-8(20)6-4-7;;;;;;;;/h5*3-6,9-11,14,20H,17H2,1-2H3,(H,18,21)(H,23,24);;;;;;;;/q;;;;;4*+1;4*-1/t5*9?,10-,11+,14-;;;;;;;;/m11111......../s1. The van der Waals surface area contributed by atoms with Crippen LogP contribution in [0, 0.1) is 0 Å². The average molecular weight is 1920 g/mol. The maximum absolute atomic E-state index is 12.3. The van der Waals surface area contributed by atoms with Gasteiger partial charge in [0.2, 0.25) is 59.1 Å². The maximum atomic E-state index is 12.3. The predicted molar refractivity (Wildman–Crippen MR) is 458 cm³/mol. The molecule has 678 valence electrons. The average Bonchev–Trinajstić information content (AvgIpc) is 1.60. The molecule has 5 aromatic rings. The third-order valence-electron chi connectivity index (χ3n) is 22.5. The van der Waals surface area contributed by atoms with Gasteiger partial charge in [0.25, 0.3) is 0 Å². The van der Waals surface area contributed by atoms with Crippen LogP contribution in [0.2, 0.25) is 0 Å². The van der Waals surface area contributed by atoms with Crippen molar-refractivity contribution in [3.05, 3.63) is 149 Å². The molecule has 10 fully saturated rings. The molecule has 0 saturated carbocycles. The summed E-state index contributed by atoms with van der Waals surface area (Å²) >= 11 is 6.77.